The molecule has 3 heterocycles. The smallest absolute Gasteiger partial charge is 0.323 e. The number of hydrogen-bond donors (Lipinski definition) is 0. The minimum Gasteiger partial charge on any atom is -0.462 e. The molecule has 5 atom stereocenters. The molecule has 0 N–H and O–H groups in total. The van der Waals surface area contributed by atoms with Crippen LogP contribution in [-0.4, -0.2) is 45.3 Å². The molecule has 0 bridgehead atoms. The highest BCUT2D eigenvalue weighted by atomic mass is 32.2. The van der Waals surface area contributed by atoms with E-state index in [0.29, 0.717) is 18.3 Å². The van der Waals surface area contributed by atoms with E-state index in [1.807, 2.05) is 18.2 Å². The van der Waals surface area contributed by atoms with Crippen molar-refractivity contribution in [2.45, 2.75) is 24.5 Å². The first kappa shape index (κ1) is 12.5. The van der Waals surface area contributed by atoms with E-state index in [1.165, 1.54) is 5.56 Å². The number of ether oxygens (including phenoxy) is 1. The molecule has 4 nitrogen and oxygen atoms in total. The van der Waals surface area contributed by atoms with Gasteiger partial charge in [0.1, 0.15) is 12.6 Å². The van der Waals surface area contributed by atoms with Crippen LogP contribution in [0.4, 0.5) is 0 Å². The summed E-state index contributed by atoms with van der Waals surface area (Å²) in [6.45, 7) is 0.412. The summed E-state index contributed by atoms with van der Waals surface area (Å²) in [7, 11) is -0.723. The first-order valence-electron chi connectivity index (χ1n) is 7.08. The van der Waals surface area contributed by atoms with Crippen molar-refractivity contribution in [3.05, 3.63) is 35.9 Å². The van der Waals surface area contributed by atoms with Gasteiger partial charge in [-0.2, -0.15) is 0 Å². The van der Waals surface area contributed by atoms with Crippen LogP contribution in [0.1, 0.15) is 18.0 Å². The Kier molecular flexibility index (Phi) is 2.93. The van der Waals surface area contributed by atoms with Crippen LogP contribution in [0, 0.1) is 5.92 Å². The van der Waals surface area contributed by atoms with Gasteiger partial charge in [0.25, 0.3) is 0 Å². The number of esters is 1. The van der Waals surface area contributed by atoms with Crippen molar-refractivity contribution in [3.63, 3.8) is 0 Å². The molecule has 0 amide bonds. The number of rotatable bonds is 1. The highest BCUT2D eigenvalue weighted by Crippen LogP contribution is 2.43. The molecule has 106 valence electrons. The summed E-state index contributed by atoms with van der Waals surface area (Å²) in [6.07, 6.45) is 0.804. The van der Waals surface area contributed by atoms with E-state index in [4.69, 9.17) is 4.74 Å². The van der Waals surface area contributed by atoms with E-state index in [-0.39, 0.29) is 24.1 Å². The summed E-state index contributed by atoms with van der Waals surface area (Å²) in [5.74, 6) is 1.74. The first-order chi connectivity index (χ1) is 9.74. The fraction of sp³-hybridized carbons (Fsp3) is 0.533. The van der Waals surface area contributed by atoms with Gasteiger partial charge in [-0.05, 0) is 17.9 Å². The molecule has 20 heavy (non-hydrogen) atoms. The molecule has 5 heteroatoms. The Morgan fingerprint density at radius 1 is 1.15 bits per heavy atom. The topological polar surface area (TPSA) is 46.6 Å². The largest absolute Gasteiger partial charge is 0.462 e. The zero-order valence-corrected chi connectivity index (χ0v) is 11.9. The molecule has 3 fully saturated rings. The van der Waals surface area contributed by atoms with Crippen LogP contribution in [-0.2, 0) is 20.3 Å². The minimum absolute atomic E-state index is 0.0997. The van der Waals surface area contributed by atoms with Crippen molar-refractivity contribution in [1.82, 2.24) is 4.90 Å². The van der Waals surface area contributed by atoms with Gasteiger partial charge in [0.15, 0.2) is 0 Å². The summed E-state index contributed by atoms with van der Waals surface area (Å²) in [4.78, 5) is 14.3. The van der Waals surface area contributed by atoms with Crippen molar-refractivity contribution >= 4 is 16.8 Å². The number of fused-ring (bicyclic) bond motifs is 3. The van der Waals surface area contributed by atoms with Gasteiger partial charge < -0.3 is 4.74 Å². The van der Waals surface area contributed by atoms with E-state index in [0.717, 1.165) is 12.2 Å². The SMILES string of the molecule is O=C1OC[C@H](c2ccccc2)N2[C@@H]3CS(=O)C[C@@H]3C[C@@H]12. The minimum atomic E-state index is -0.723. The number of carbonyl (C=O) groups excluding carboxylic acids is 1. The van der Waals surface area contributed by atoms with Crippen molar-refractivity contribution in [2.75, 3.05) is 18.1 Å². The summed E-state index contributed by atoms with van der Waals surface area (Å²) in [5.41, 5.74) is 1.18. The molecule has 4 rings (SSSR count). The summed E-state index contributed by atoms with van der Waals surface area (Å²) >= 11 is 0. The van der Waals surface area contributed by atoms with Gasteiger partial charge in [0.05, 0.1) is 6.04 Å². The van der Waals surface area contributed by atoms with Gasteiger partial charge in [-0.25, -0.2) is 0 Å². The van der Waals surface area contributed by atoms with Crippen LogP contribution >= 0.6 is 0 Å². The van der Waals surface area contributed by atoms with Gasteiger partial charge in [-0.1, -0.05) is 30.3 Å². The monoisotopic (exact) mass is 291 g/mol. The van der Waals surface area contributed by atoms with Gasteiger partial charge >= 0.3 is 5.97 Å². The third-order valence-electron chi connectivity index (χ3n) is 4.77. The highest BCUT2D eigenvalue weighted by Gasteiger charge is 2.54. The Labute approximate surface area is 120 Å². The molecule has 1 aromatic carbocycles. The van der Waals surface area contributed by atoms with E-state index < -0.39 is 10.8 Å². The van der Waals surface area contributed by atoms with E-state index in [9.17, 15) is 9.00 Å². The number of morpholine rings is 1. The highest BCUT2D eigenvalue weighted by molar-refractivity contribution is 7.85. The molecule has 3 saturated heterocycles. The molecule has 0 radical (unpaired) electrons. The lowest BCUT2D eigenvalue weighted by molar-refractivity contribution is -0.161. The van der Waals surface area contributed by atoms with Crippen LogP contribution in [0.25, 0.3) is 0 Å². The fourth-order valence-electron chi connectivity index (χ4n) is 3.89. The molecule has 1 aromatic rings. The number of carbonyl (C=O) groups is 1. The van der Waals surface area contributed by atoms with E-state index in [1.54, 1.807) is 0 Å². The van der Waals surface area contributed by atoms with Crippen LogP contribution in [0.3, 0.4) is 0 Å². The third kappa shape index (κ3) is 1.84. The lowest BCUT2D eigenvalue weighted by Gasteiger charge is -2.39. The Bertz CT molecular complexity index is 561. The fourth-order valence-corrected chi connectivity index (χ4v) is 5.69. The lowest BCUT2D eigenvalue weighted by atomic mass is 10.0. The standard InChI is InChI=1S/C15H17NO3S/c17-15-12-6-11-8-20(18)9-14(11)16(12)13(7-19-15)10-4-2-1-3-5-10/h1-5,11-14H,6-9H2/t11-,12-,13+,14+,20?/m0/s1. The third-order valence-corrected chi connectivity index (χ3v) is 6.28. The molecular weight excluding hydrogens is 274 g/mol. The average Bonchev–Trinajstić information content (AvgIpc) is 2.97. The maximum atomic E-state index is 12.0. The first-order valence-corrected chi connectivity index (χ1v) is 8.57. The zero-order valence-electron chi connectivity index (χ0n) is 11.1. The summed E-state index contributed by atoms with van der Waals surface area (Å²) < 4.78 is 17.2. The molecule has 0 spiro atoms. The molecule has 0 aromatic heterocycles. The number of nitrogens with zero attached hydrogens (tertiary/aromatic N) is 1. The predicted octanol–water partition coefficient (Wildman–Crippen LogP) is 1.11. The van der Waals surface area contributed by atoms with Crippen molar-refractivity contribution in [3.8, 4) is 0 Å². The molecule has 3 aliphatic rings. The molecule has 0 saturated carbocycles. The van der Waals surface area contributed by atoms with Gasteiger partial charge in [-0.3, -0.25) is 13.9 Å². The Morgan fingerprint density at radius 2 is 1.95 bits per heavy atom. The maximum Gasteiger partial charge on any atom is 0.323 e. The van der Waals surface area contributed by atoms with Crippen LogP contribution < -0.4 is 0 Å². The number of hydrogen-bond acceptors (Lipinski definition) is 4. The van der Waals surface area contributed by atoms with Gasteiger partial charge in [-0.15, -0.1) is 0 Å². The summed E-state index contributed by atoms with van der Waals surface area (Å²) in [6, 6.07) is 10.4. The van der Waals surface area contributed by atoms with Crippen LogP contribution in [0.2, 0.25) is 0 Å². The van der Waals surface area contributed by atoms with Crippen molar-refractivity contribution in [2.24, 2.45) is 5.92 Å². The Balaban J connectivity index is 1.70. The normalized spacial score (nSPS) is 40.2. The summed E-state index contributed by atoms with van der Waals surface area (Å²) in [5, 5.41) is 0. The molecule has 0 aliphatic carbocycles. The molecule has 3 aliphatic heterocycles. The maximum absolute atomic E-state index is 12.0. The predicted molar refractivity (Wildman–Crippen MR) is 75.5 cm³/mol. The van der Waals surface area contributed by atoms with Crippen LogP contribution in [0.5, 0.6) is 0 Å². The second-order valence-corrected chi connectivity index (χ2v) is 7.40. The van der Waals surface area contributed by atoms with Gasteiger partial charge in [0.2, 0.25) is 0 Å². The van der Waals surface area contributed by atoms with Crippen molar-refractivity contribution < 1.29 is 13.7 Å². The zero-order chi connectivity index (χ0) is 13.7. The number of cyclic esters (lactones) is 1. The second-order valence-electron chi connectivity index (χ2n) is 5.86. The second kappa shape index (κ2) is 4.67. The lowest BCUT2D eigenvalue weighted by Crippen LogP contribution is -2.50. The number of benzene rings is 1. The molecule has 1 unspecified atom stereocenters. The van der Waals surface area contributed by atoms with E-state index >= 15 is 0 Å². The molecular formula is C15H17NO3S. The van der Waals surface area contributed by atoms with Crippen LogP contribution in [0.15, 0.2) is 30.3 Å². The Hall–Kier alpha value is -1.20. The van der Waals surface area contributed by atoms with Crippen molar-refractivity contribution in [1.29, 1.82) is 0 Å². The van der Waals surface area contributed by atoms with E-state index in [2.05, 4.69) is 17.0 Å². The quantitative estimate of drug-likeness (QED) is 0.727. The Morgan fingerprint density at radius 3 is 2.75 bits per heavy atom. The van der Waals surface area contributed by atoms with Gasteiger partial charge in [0, 0.05) is 28.3 Å². The average molecular weight is 291 g/mol.